The van der Waals surface area contributed by atoms with Crippen molar-refractivity contribution in [2.24, 2.45) is 0 Å². The summed E-state index contributed by atoms with van der Waals surface area (Å²) in [6, 6.07) is 17.5. The van der Waals surface area contributed by atoms with Gasteiger partial charge in [-0.05, 0) is 36.8 Å². The van der Waals surface area contributed by atoms with E-state index in [1.54, 1.807) is 6.20 Å². The highest BCUT2D eigenvalue weighted by Crippen LogP contribution is 2.46. The summed E-state index contributed by atoms with van der Waals surface area (Å²) in [6.07, 6.45) is 3.15. The molecule has 0 saturated heterocycles. The zero-order valence-corrected chi connectivity index (χ0v) is 17.4. The predicted molar refractivity (Wildman–Crippen MR) is 115 cm³/mol. The number of hydrogen-bond donors (Lipinski definition) is 1. The number of para-hydroxylation sites is 4. The van der Waals surface area contributed by atoms with Crippen LogP contribution in [-0.4, -0.2) is 25.3 Å². The lowest BCUT2D eigenvalue weighted by Gasteiger charge is -2.33. The van der Waals surface area contributed by atoms with Gasteiger partial charge in [-0.25, -0.2) is 9.97 Å². The molecule has 7 nitrogen and oxygen atoms in total. The van der Waals surface area contributed by atoms with Gasteiger partial charge in [0.1, 0.15) is 6.10 Å². The van der Waals surface area contributed by atoms with Gasteiger partial charge in [0.05, 0.1) is 11.4 Å². The largest absolute Gasteiger partial charge is 0.453 e. The fraction of sp³-hybridized carbons (Fsp3) is 0.273. The van der Waals surface area contributed by atoms with Gasteiger partial charge in [0.2, 0.25) is 0 Å². The number of nitrogens with zero attached hydrogens (tertiary/aromatic N) is 3. The summed E-state index contributed by atoms with van der Waals surface area (Å²) >= 11 is -2.43. The molecule has 0 aliphatic carbocycles. The normalized spacial score (nSPS) is 14.4. The molecule has 0 amide bonds. The Labute approximate surface area is 178 Å². The second-order valence-electron chi connectivity index (χ2n) is 6.94. The summed E-state index contributed by atoms with van der Waals surface area (Å²) in [5, 5.41) is 0. The van der Waals surface area contributed by atoms with Gasteiger partial charge in [-0.2, -0.15) is 4.21 Å². The van der Waals surface area contributed by atoms with Crippen LogP contribution < -0.4 is 9.64 Å². The topological polar surface area (TPSA) is 84.8 Å². The molecule has 0 saturated carbocycles. The van der Waals surface area contributed by atoms with E-state index in [9.17, 15) is 8.76 Å². The maximum Gasteiger partial charge on any atom is 0.302 e. The Morgan fingerprint density at radius 2 is 1.77 bits per heavy atom. The highest BCUT2D eigenvalue weighted by Gasteiger charge is 2.26. The number of aromatic nitrogens is 2. The van der Waals surface area contributed by atoms with Crippen molar-refractivity contribution in [2.75, 3.05) is 11.4 Å². The quantitative estimate of drug-likeness (QED) is 0.511. The van der Waals surface area contributed by atoms with Crippen molar-refractivity contribution in [1.82, 2.24) is 9.97 Å². The molecule has 0 bridgehead atoms. The summed E-state index contributed by atoms with van der Waals surface area (Å²) in [4.78, 5) is 11.0. The Kier molecular flexibility index (Phi) is 6.37. The molecule has 2 unspecified atom stereocenters. The second kappa shape index (κ2) is 9.34. The maximum absolute atomic E-state index is 11.4. The Morgan fingerprint density at radius 3 is 2.40 bits per heavy atom. The Morgan fingerprint density at radius 1 is 1.10 bits per heavy atom. The summed E-state index contributed by atoms with van der Waals surface area (Å²) in [5.74, 6) is 1.94. The molecule has 2 heterocycles. The van der Waals surface area contributed by atoms with E-state index in [-0.39, 0.29) is 0 Å². The summed E-state index contributed by atoms with van der Waals surface area (Å²) < 4.78 is 32.1. The SMILES string of the molecule is CCCc1ccnc(C(CCN2c3ccccc3Oc3ccccc32)OS(=O)O)n1. The first kappa shape index (κ1) is 20.5. The minimum Gasteiger partial charge on any atom is -0.453 e. The number of hydrogen-bond acceptors (Lipinski definition) is 6. The average Bonchev–Trinajstić information content (AvgIpc) is 2.76. The van der Waals surface area contributed by atoms with Gasteiger partial charge in [-0.3, -0.25) is 8.74 Å². The van der Waals surface area contributed by atoms with Crippen molar-refractivity contribution in [2.45, 2.75) is 32.3 Å². The molecule has 0 fully saturated rings. The van der Waals surface area contributed by atoms with E-state index < -0.39 is 17.5 Å². The van der Waals surface area contributed by atoms with Crippen LogP contribution in [0.15, 0.2) is 60.8 Å². The molecule has 8 heteroatoms. The molecule has 1 aromatic heterocycles. The highest BCUT2D eigenvalue weighted by molar-refractivity contribution is 7.74. The molecule has 4 rings (SSSR count). The van der Waals surface area contributed by atoms with Gasteiger partial charge < -0.3 is 9.64 Å². The van der Waals surface area contributed by atoms with Crippen molar-refractivity contribution in [3.05, 3.63) is 72.3 Å². The molecule has 1 aliphatic rings. The number of benzene rings is 2. The smallest absolute Gasteiger partial charge is 0.302 e. The highest BCUT2D eigenvalue weighted by atomic mass is 32.2. The van der Waals surface area contributed by atoms with E-state index in [4.69, 9.17) is 8.92 Å². The lowest BCUT2D eigenvalue weighted by Crippen LogP contribution is -2.25. The Balaban J connectivity index is 1.61. The van der Waals surface area contributed by atoms with Crippen LogP contribution in [0, 0.1) is 0 Å². The van der Waals surface area contributed by atoms with Crippen molar-refractivity contribution < 1.29 is 17.7 Å². The third kappa shape index (κ3) is 4.51. The zero-order valence-electron chi connectivity index (χ0n) is 16.6. The molecule has 2 aromatic carbocycles. The van der Waals surface area contributed by atoms with Crippen molar-refractivity contribution in [3.63, 3.8) is 0 Å². The van der Waals surface area contributed by atoms with Crippen molar-refractivity contribution in [1.29, 1.82) is 0 Å². The number of anilines is 2. The number of fused-ring (bicyclic) bond motifs is 2. The Hall–Kier alpha value is -2.81. The van der Waals surface area contributed by atoms with Crippen molar-refractivity contribution >= 4 is 22.7 Å². The third-order valence-corrected chi connectivity index (χ3v) is 5.27. The van der Waals surface area contributed by atoms with E-state index in [2.05, 4.69) is 21.8 Å². The predicted octanol–water partition coefficient (Wildman–Crippen LogP) is 4.96. The fourth-order valence-corrected chi connectivity index (χ4v) is 3.93. The van der Waals surface area contributed by atoms with Gasteiger partial charge >= 0.3 is 11.4 Å². The first-order valence-corrected chi connectivity index (χ1v) is 10.9. The van der Waals surface area contributed by atoms with E-state index in [1.807, 2.05) is 54.6 Å². The molecule has 1 aliphatic heterocycles. The van der Waals surface area contributed by atoms with E-state index >= 15 is 0 Å². The molecule has 2 atom stereocenters. The minimum atomic E-state index is -2.43. The van der Waals surface area contributed by atoms with Crippen LogP contribution in [-0.2, 0) is 22.0 Å². The number of ether oxygens (including phenoxy) is 1. The lowest BCUT2D eigenvalue weighted by atomic mass is 10.1. The molecular formula is C22H23N3O4S. The van der Waals surface area contributed by atoms with Gasteiger partial charge in [-0.1, -0.05) is 37.6 Å². The van der Waals surface area contributed by atoms with Crippen LogP contribution in [0.3, 0.4) is 0 Å². The molecular weight excluding hydrogens is 402 g/mol. The van der Waals surface area contributed by atoms with E-state index in [0.717, 1.165) is 41.4 Å². The van der Waals surface area contributed by atoms with Gasteiger partial charge in [0, 0.05) is 24.9 Å². The van der Waals surface area contributed by atoms with Crippen LogP contribution >= 0.6 is 0 Å². The van der Waals surface area contributed by atoms with Crippen LogP contribution in [0.1, 0.15) is 37.4 Å². The molecule has 0 radical (unpaired) electrons. The van der Waals surface area contributed by atoms with Crippen molar-refractivity contribution in [3.8, 4) is 11.5 Å². The molecule has 3 aromatic rings. The van der Waals surface area contributed by atoms with Crippen LogP contribution in [0.5, 0.6) is 11.5 Å². The summed E-state index contributed by atoms with van der Waals surface area (Å²) in [6.45, 7) is 2.60. The monoisotopic (exact) mass is 425 g/mol. The molecule has 30 heavy (non-hydrogen) atoms. The lowest BCUT2D eigenvalue weighted by molar-refractivity contribution is 0.189. The first-order chi connectivity index (χ1) is 14.7. The summed E-state index contributed by atoms with van der Waals surface area (Å²) in [5.41, 5.74) is 2.75. The number of rotatable bonds is 8. The van der Waals surface area contributed by atoms with Crippen LogP contribution in [0.4, 0.5) is 11.4 Å². The van der Waals surface area contributed by atoms with E-state index in [1.165, 1.54) is 0 Å². The standard InChI is InChI=1S/C22H23N3O4S/c1-2-7-16-12-14-23-22(24-16)21(29-30(26)27)13-15-25-17-8-3-5-10-19(17)28-20-11-6-4-9-18(20)25/h3-6,8-12,14,21H,2,7,13,15H2,1H3,(H,26,27). The van der Waals surface area contributed by atoms with Crippen LogP contribution in [0.25, 0.3) is 0 Å². The van der Waals surface area contributed by atoms with Crippen LogP contribution in [0.2, 0.25) is 0 Å². The second-order valence-corrected chi connectivity index (χ2v) is 7.56. The van der Waals surface area contributed by atoms with Gasteiger partial charge in [-0.15, -0.1) is 0 Å². The fourth-order valence-electron chi connectivity index (χ4n) is 3.55. The van der Waals surface area contributed by atoms with Gasteiger partial charge in [0.25, 0.3) is 0 Å². The Bertz CT molecular complexity index is 1000. The third-order valence-electron chi connectivity index (χ3n) is 4.87. The molecule has 0 spiro atoms. The molecule has 156 valence electrons. The first-order valence-electron chi connectivity index (χ1n) is 9.89. The number of aryl methyl sites for hydroxylation is 1. The average molecular weight is 426 g/mol. The molecule has 1 N–H and O–H groups in total. The van der Waals surface area contributed by atoms with Gasteiger partial charge in [0.15, 0.2) is 17.3 Å². The summed E-state index contributed by atoms with van der Waals surface area (Å²) in [7, 11) is 0. The van der Waals surface area contributed by atoms with E-state index in [0.29, 0.717) is 18.8 Å². The zero-order chi connectivity index (χ0) is 20.9. The minimum absolute atomic E-state index is 0.415. The maximum atomic E-state index is 11.4.